The molecule has 3 atom stereocenters. The summed E-state index contributed by atoms with van der Waals surface area (Å²) in [5, 5.41) is 20.0. The number of carboxylic acid groups (broad SMARTS) is 1. The number of amides is 4. The van der Waals surface area contributed by atoms with Gasteiger partial charge in [0.2, 0.25) is 23.6 Å². The van der Waals surface area contributed by atoms with Crippen LogP contribution in [-0.4, -0.2) is 67.0 Å². The molecule has 0 aromatic carbocycles. The molecular formula is C27H48F3N5O6. The normalized spacial score (nSPS) is 20.7. The van der Waals surface area contributed by atoms with Crippen molar-refractivity contribution in [3.8, 4) is 0 Å². The van der Waals surface area contributed by atoms with Gasteiger partial charge in [-0.2, -0.15) is 13.2 Å². The molecule has 0 bridgehead atoms. The van der Waals surface area contributed by atoms with Crippen molar-refractivity contribution in [2.75, 3.05) is 13.1 Å². The number of nitrogens with one attached hydrogen (secondary N) is 4. The molecule has 0 spiro atoms. The van der Waals surface area contributed by atoms with E-state index in [-0.39, 0.29) is 42.6 Å². The maximum Gasteiger partial charge on any atom is 0.430 e. The Kier molecular flexibility index (Phi) is 19.4. The van der Waals surface area contributed by atoms with E-state index < -0.39 is 30.1 Å². The quantitative estimate of drug-likeness (QED) is 0.193. The average molecular weight is 596 g/mol. The first-order valence-electron chi connectivity index (χ1n) is 14.5. The van der Waals surface area contributed by atoms with Gasteiger partial charge in [0.05, 0.1) is 13.1 Å². The van der Waals surface area contributed by atoms with E-state index in [1.165, 1.54) is 25.7 Å². The summed E-state index contributed by atoms with van der Waals surface area (Å²) < 4.78 is 31.5. The van der Waals surface area contributed by atoms with Gasteiger partial charge in [0.25, 0.3) is 0 Å². The highest BCUT2D eigenvalue weighted by atomic mass is 19.4. The number of carboxylic acids is 1. The second-order valence-electron chi connectivity index (χ2n) is 10.6. The zero-order valence-electron chi connectivity index (χ0n) is 24.5. The fourth-order valence-corrected chi connectivity index (χ4v) is 4.17. The number of carbonyl (C=O) groups is 5. The second-order valence-corrected chi connectivity index (χ2v) is 10.6. The number of carbonyl (C=O) groups excluding carboxylic acids is 5. The molecule has 238 valence electrons. The van der Waals surface area contributed by atoms with Crippen LogP contribution in [-0.2, 0) is 24.0 Å². The Morgan fingerprint density at radius 3 is 1.98 bits per heavy atom. The zero-order valence-corrected chi connectivity index (χ0v) is 24.5. The Morgan fingerprint density at radius 1 is 0.878 bits per heavy atom. The Bertz CT molecular complexity index is 826. The number of hydrogen-bond donors (Lipinski definition) is 5. The molecule has 1 saturated heterocycles. The number of alkyl halides is 3. The summed E-state index contributed by atoms with van der Waals surface area (Å²) >= 11 is 0. The van der Waals surface area contributed by atoms with Crippen LogP contribution in [0.4, 0.5) is 13.2 Å². The molecular weight excluding hydrogens is 547 g/mol. The summed E-state index contributed by atoms with van der Waals surface area (Å²) in [7, 11) is 0. The SMILES string of the molecule is CCCCCCCCC[C@@H]1CC(=O)NCC(=O)N[C@@H](CCCC[NH3+])C(=O)N[C@@H](C(C)C)C(=O)N1.O=C([O-])C(F)(F)F. The van der Waals surface area contributed by atoms with Crippen LogP contribution in [0.2, 0.25) is 0 Å². The van der Waals surface area contributed by atoms with Crippen LogP contribution in [0, 0.1) is 5.92 Å². The molecule has 11 nitrogen and oxygen atoms in total. The number of unbranched alkanes of at least 4 members (excludes halogenated alkanes) is 7. The first kappa shape index (κ1) is 38.1. The second kappa shape index (κ2) is 20.9. The van der Waals surface area contributed by atoms with Gasteiger partial charge in [0.15, 0.2) is 0 Å². The molecule has 7 N–H and O–H groups in total. The molecule has 0 aromatic heterocycles. The van der Waals surface area contributed by atoms with Gasteiger partial charge < -0.3 is 36.9 Å². The maximum atomic E-state index is 13.1. The van der Waals surface area contributed by atoms with Gasteiger partial charge in [0.1, 0.15) is 18.1 Å². The van der Waals surface area contributed by atoms with Gasteiger partial charge >= 0.3 is 6.18 Å². The smallest absolute Gasteiger partial charge is 0.430 e. The van der Waals surface area contributed by atoms with Crippen LogP contribution >= 0.6 is 0 Å². The van der Waals surface area contributed by atoms with Crippen molar-refractivity contribution < 1.29 is 48.0 Å². The van der Waals surface area contributed by atoms with Crippen molar-refractivity contribution in [1.29, 1.82) is 0 Å². The fraction of sp³-hybridized carbons (Fsp3) is 0.815. The lowest BCUT2D eigenvalue weighted by Crippen LogP contribution is -2.56. The molecule has 0 aliphatic carbocycles. The molecule has 1 fully saturated rings. The molecule has 1 aliphatic heterocycles. The summed E-state index contributed by atoms with van der Waals surface area (Å²) in [4.78, 5) is 59.8. The van der Waals surface area contributed by atoms with Crippen molar-refractivity contribution >= 4 is 29.6 Å². The van der Waals surface area contributed by atoms with E-state index in [0.29, 0.717) is 12.8 Å². The zero-order chi connectivity index (χ0) is 31.4. The molecule has 0 saturated carbocycles. The summed E-state index contributed by atoms with van der Waals surface area (Å²) in [5.41, 5.74) is 3.81. The standard InChI is InChI=1S/C25H47N5O4.C2HF3O2/c1-4-5-6-7-8-9-10-13-19-16-21(31)27-17-22(32)29-20(14-11-12-15-26)24(33)30-23(18(2)3)25(34)28-19;3-2(4,5)1(6)7/h18-20,23H,4-17,26H2,1-3H3,(H,27,31)(H,28,34)(H,29,32)(H,30,33);(H,6,7)/t19-,20+,23+;/m1./s1. The van der Waals surface area contributed by atoms with Gasteiger partial charge in [-0.3, -0.25) is 19.2 Å². The van der Waals surface area contributed by atoms with E-state index in [0.717, 1.165) is 38.6 Å². The monoisotopic (exact) mass is 595 g/mol. The number of halogens is 3. The minimum absolute atomic E-state index is 0.112. The average Bonchev–Trinajstić information content (AvgIpc) is 2.88. The van der Waals surface area contributed by atoms with Crippen molar-refractivity contribution in [1.82, 2.24) is 21.3 Å². The lowest BCUT2D eigenvalue weighted by atomic mass is 9.99. The third kappa shape index (κ3) is 18.2. The van der Waals surface area contributed by atoms with Gasteiger partial charge in [-0.05, 0) is 31.6 Å². The molecule has 0 aromatic rings. The van der Waals surface area contributed by atoms with Crippen molar-refractivity contribution in [2.45, 2.75) is 122 Å². The molecule has 0 unspecified atom stereocenters. The third-order valence-electron chi connectivity index (χ3n) is 6.50. The van der Waals surface area contributed by atoms with Crippen LogP contribution in [0.1, 0.15) is 97.8 Å². The van der Waals surface area contributed by atoms with E-state index in [9.17, 15) is 32.3 Å². The van der Waals surface area contributed by atoms with Crippen LogP contribution in [0.3, 0.4) is 0 Å². The van der Waals surface area contributed by atoms with Crippen LogP contribution < -0.4 is 32.1 Å². The highest BCUT2D eigenvalue weighted by molar-refractivity contribution is 5.94. The van der Waals surface area contributed by atoms with Crippen LogP contribution in [0.15, 0.2) is 0 Å². The topological polar surface area (TPSA) is 184 Å². The van der Waals surface area contributed by atoms with Gasteiger partial charge in [-0.15, -0.1) is 0 Å². The molecule has 1 aliphatic rings. The first-order chi connectivity index (χ1) is 19.2. The highest BCUT2D eigenvalue weighted by Crippen LogP contribution is 2.13. The fourth-order valence-electron chi connectivity index (χ4n) is 4.17. The van der Waals surface area contributed by atoms with E-state index in [1.54, 1.807) is 0 Å². The summed E-state index contributed by atoms with van der Waals surface area (Å²) in [6.45, 7) is 6.49. The first-order valence-corrected chi connectivity index (χ1v) is 14.5. The number of aliphatic carboxylic acids is 1. The molecule has 14 heteroatoms. The molecule has 4 amide bonds. The molecule has 41 heavy (non-hydrogen) atoms. The van der Waals surface area contributed by atoms with Gasteiger partial charge in [0, 0.05) is 12.5 Å². The van der Waals surface area contributed by atoms with Crippen molar-refractivity contribution in [2.24, 2.45) is 5.92 Å². The highest BCUT2D eigenvalue weighted by Gasteiger charge is 2.31. The third-order valence-corrected chi connectivity index (χ3v) is 6.50. The Labute approximate surface area is 240 Å². The largest absolute Gasteiger partial charge is 0.542 e. The lowest BCUT2D eigenvalue weighted by Gasteiger charge is -2.27. The lowest BCUT2D eigenvalue weighted by molar-refractivity contribution is -0.368. The van der Waals surface area contributed by atoms with E-state index in [1.807, 2.05) is 13.8 Å². The summed E-state index contributed by atoms with van der Waals surface area (Å²) in [6.07, 6.45) is 5.66. The van der Waals surface area contributed by atoms with Crippen molar-refractivity contribution in [3.05, 3.63) is 0 Å². The predicted molar refractivity (Wildman–Crippen MR) is 144 cm³/mol. The van der Waals surface area contributed by atoms with Gasteiger partial charge in [-0.25, -0.2) is 0 Å². The summed E-state index contributed by atoms with van der Waals surface area (Å²) in [6, 6.07) is -1.83. The van der Waals surface area contributed by atoms with E-state index in [4.69, 9.17) is 9.90 Å². The van der Waals surface area contributed by atoms with Crippen LogP contribution in [0.25, 0.3) is 0 Å². The number of rotatable bonds is 13. The molecule has 1 rings (SSSR count). The number of quaternary nitrogens is 1. The Hall–Kier alpha value is -2.90. The van der Waals surface area contributed by atoms with E-state index in [2.05, 4.69) is 33.9 Å². The minimum Gasteiger partial charge on any atom is -0.542 e. The number of hydrogen-bond acceptors (Lipinski definition) is 6. The Balaban J connectivity index is 0.00000201. The molecule has 1 heterocycles. The van der Waals surface area contributed by atoms with Crippen molar-refractivity contribution in [3.63, 3.8) is 0 Å². The predicted octanol–water partition coefficient (Wildman–Crippen LogP) is 0.468. The van der Waals surface area contributed by atoms with Crippen LogP contribution in [0.5, 0.6) is 0 Å². The minimum atomic E-state index is -5.19. The molecule has 0 radical (unpaired) electrons. The van der Waals surface area contributed by atoms with Gasteiger partial charge in [-0.1, -0.05) is 65.7 Å². The van der Waals surface area contributed by atoms with E-state index >= 15 is 0 Å². The Morgan fingerprint density at radius 2 is 1.44 bits per heavy atom. The summed E-state index contributed by atoms with van der Waals surface area (Å²) in [5.74, 6) is -4.50. The maximum absolute atomic E-state index is 13.1.